The molecule has 0 amide bonds. The Bertz CT molecular complexity index is 1390. The molecule has 0 unspecified atom stereocenters. The number of rotatable bonds is 2. The maximum absolute atomic E-state index is 14.1. The van der Waals surface area contributed by atoms with Gasteiger partial charge in [0.2, 0.25) is 10.0 Å². The average molecular weight is 480 g/mol. The molecule has 1 saturated heterocycles. The summed E-state index contributed by atoms with van der Waals surface area (Å²) in [7, 11) is -3.80. The van der Waals surface area contributed by atoms with Crippen molar-refractivity contribution in [3.8, 4) is 11.5 Å². The van der Waals surface area contributed by atoms with Crippen LogP contribution in [0.4, 0.5) is 10.1 Å². The average Bonchev–Trinajstić information content (AvgIpc) is 3.16. The summed E-state index contributed by atoms with van der Waals surface area (Å²) >= 11 is 0. The van der Waals surface area contributed by atoms with E-state index < -0.39 is 15.8 Å². The molecule has 6 nitrogen and oxygen atoms in total. The normalized spacial score (nSPS) is 16.6. The zero-order valence-corrected chi connectivity index (χ0v) is 20.0. The van der Waals surface area contributed by atoms with Crippen molar-refractivity contribution in [2.45, 2.75) is 25.2 Å². The lowest BCUT2D eigenvalue weighted by molar-refractivity contribution is 0.407. The third-order valence-electron chi connectivity index (χ3n) is 6.22. The summed E-state index contributed by atoms with van der Waals surface area (Å²) in [5.74, 6) is 1.65. The van der Waals surface area contributed by atoms with Gasteiger partial charge in [0, 0.05) is 26.2 Å². The molecule has 0 aliphatic carbocycles. The van der Waals surface area contributed by atoms with Crippen molar-refractivity contribution in [2.24, 2.45) is 4.99 Å². The Morgan fingerprint density at radius 2 is 1.74 bits per heavy atom. The number of benzene rings is 3. The molecule has 1 fully saturated rings. The standard InChI is InChI=1S/C26H26FN3O3S/c1-18-8-11-24-21(16-18)26(28-23-6-3-4-7-25(23)33-24)29-12-5-13-30(15-14-29)34(31,32)20-10-9-19(2)22(27)17-20/h3-4,6-11,16-17H,5,12-15H2,1-2H3. The van der Waals surface area contributed by atoms with Gasteiger partial charge in [-0.3, -0.25) is 0 Å². The molecule has 2 aliphatic heterocycles. The number of amidine groups is 1. The van der Waals surface area contributed by atoms with Crippen LogP contribution >= 0.6 is 0 Å². The first-order valence-electron chi connectivity index (χ1n) is 11.3. The SMILES string of the molecule is Cc1ccc2c(c1)C(N1CCCN(S(=O)(=O)c3ccc(C)c(F)c3)CC1)=Nc1ccccc1O2. The van der Waals surface area contributed by atoms with Crippen LogP contribution in [0.25, 0.3) is 0 Å². The number of nitrogens with zero attached hydrogens (tertiary/aromatic N) is 3. The fourth-order valence-electron chi connectivity index (χ4n) is 4.31. The van der Waals surface area contributed by atoms with Crippen LogP contribution in [0.2, 0.25) is 0 Å². The molecular weight excluding hydrogens is 453 g/mol. The summed E-state index contributed by atoms with van der Waals surface area (Å²) < 4.78 is 48.2. The van der Waals surface area contributed by atoms with Gasteiger partial charge >= 0.3 is 0 Å². The van der Waals surface area contributed by atoms with Gasteiger partial charge in [-0.15, -0.1) is 0 Å². The Morgan fingerprint density at radius 1 is 0.912 bits per heavy atom. The number of para-hydroxylation sites is 2. The molecule has 0 aromatic heterocycles. The van der Waals surface area contributed by atoms with Gasteiger partial charge in [0.05, 0.1) is 10.5 Å². The van der Waals surface area contributed by atoms with Gasteiger partial charge in [0.1, 0.15) is 23.1 Å². The largest absolute Gasteiger partial charge is 0.454 e. The topological polar surface area (TPSA) is 62.2 Å². The summed E-state index contributed by atoms with van der Waals surface area (Å²) in [6.07, 6.45) is 0.621. The van der Waals surface area contributed by atoms with Crippen LogP contribution in [-0.4, -0.2) is 49.6 Å². The summed E-state index contributed by atoms with van der Waals surface area (Å²) in [6, 6.07) is 17.7. The first-order valence-corrected chi connectivity index (χ1v) is 12.7. The Hall–Kier alpha value is -3.23. The quantitative estimate of drug-likeness (QED) is 0.518. The monoisotopic (exact) mass is 479 g/mol. The molecule has 2 heterocycles. The summed E-state index contributed by atoms with van der Waals surface area (Å²) in [4.78, 5) is 7.06. The Balaban J connectivity index is 1.47. The van der Waals surface area contributed by atoms with Crippen LogP contribution in [0.5, 0.6) is 11.5 Å². The van der Waals surface area contributed by atoms with Crippen molar-refractivity contribution in [1.29, 1.82) is 0 Å². The van der Waals surface area contributed by atoms with Crippen molar-refractivity contribution in [3.05, 3.63) is 83.2 Å². The zero-order valence-electron chi connectivity index (χ0n) is 19.2. The molecule has 0 bridgehead atoms. The van der Waals surface area contributed by atoms with E-state index >= 15 is 0 Å². The van der Waals surface area contributed by atoms with Crippen LogP contribution in [0.3, 0.4) is 0 Å². The lowest BCUT2D eigenvalue weighted by Gasteiger charge is -2.25. The number of sulfonamides is 1. The number of hydrogen-bond donors (Lipinski definition) is 0. The first-order chi connectivity index (χ1) is 16.3. The molecule has 2 aliphatic rings. The zero-order chi connectivity index (χ0) is 23.9. The van der Waals surface area contributed by atoms with Crippen molar-refractivity contribution < 1.29 is 17.5 Å². The van der Waals surface area contributed by atoms with Gasteiger partial charge in [-0.25, -0.2) is 17.8 Å². The number of halogens is 1. The van der Waals surface area contributed by atoms with Crippen LogP contribution in [0.1, 0.15) is 23.1 Å². The van der Waals surface area contributed by atoms with Crippen molar-refractivity contribution in [2.75, 3.05) is 26.2 Å². The second-order valence-electron chi connectivity index (χ2n) is 8.66. The fraction of sp³-hybridized carbons (Fsp3) is 0.269. The van der Waals surface area contributed by atoms with Gasteiger partial charge in [0.25, 0.3) is 0 Å². The highest BCUT2D eigenvalue weighted by Gasteiger charge is 2.30. The maximum Gasteiger partial charge on any atom is 0.243 e. The van der Waals surface area contributed by atoms with Crippen molar-refractivity contribution >= 4 is 21.5 Å². The summed E-state index contributed by atoms with van der Waals surface area (Å²) in [5, 5.41) is 0. The molecule has 3 aromatic rings. The Kier molecular flexibility index (Phi) is 5.87. The van der Waals surface area contributed by atoms with E-state index in [4.69, 9.17) is 9.73 Å². The number of aryl methyl sites for hydroxylation is 2. The summed E-state index contributed by atoms with van der Waals surface area (Å²) in [6.45, 7) is 5.37. The molecule has 0 radical (unpaired) electrons. The maximum atomic E-state index is 14.1. The molecule has 0 saturated carbocycles. The number of fused-ring (bicyclic) bond motifs is 2. The minimum Gasteiger partial charge on any atom is -0.454 e. The Morgan fingerprint density at radius 3 is 2.56 bits per heavy atom. The molecular formula is C26H26FN3O3S. The van der Waals surface area contributed by atoms with Gasteiger partial charge in [-0.2, -0.15) is 4.31 Å². The van der Waals surface area contributed by atoms with E-state index in [9.17, 15) is 12.8 Å². The van der Waals surface area contributed by atoms with Crippen LogP contribution in [0.15, 0.2) is 70.6 Å². The number of aliphatic imine (C=N–C) groups is 1. The van der Waals surface area contributed by atoms with Crippen LogP contribution in [0, 0.1) is 19.7 Å². The molecule has 34 heavy (non-hydrogen) atoms. The molecule has 176 valence electrons. The third-order valence-corrected chi connectivity index (χ3v) is 8.12. The lowest BCUT2D eigenvalue weighted by atomic mass is 10.1. The molecule has 0 spiro atoms. The first kappa shape index (κ1) is 22.6. The van der Waals surface area contributed by atoms with Crippen molar-refractivity contribution in [1.82, 2.24) is 9.21 Å². The number of hydrogen-bond acceptors (Lipinski definition) is 5. The van der Waals surface area contributed by atoms with Gasteiger partial charge in [-0.1, -0.05) is 29.8 Å². The van der Waals surface area contributed by atoms with E-state index in [0.717, 1.165) is 34.5 Å². The van der Waals surface area contributed by atoms with E-state index in [1.807, 2.05) is 43.3 Å². The lowest BCUT2D eigenvalue weighted by Crippen LogP contribution is -2.37. The molecule has 8 heteroatoms. The third kappa shape index (κ3) is 4.19. The predicted molar refractivity (Wildman–Crippen MR) is 130 cm³/mol. The highest BCUT2D eigenvalue weighted by atomic mass is 32.2. The highest BCUT2D eigenvalue weighted by molar-refractivity contribution is 7.89. The van der Waals surface area contributed by atoms with E-state index in [0.29, 0.717) is 37.4 Å². The van der Waals surface area contributed by atoms with E-state index in [1.54, 1.807) is 6.92 Å². The van der Waals surface area contributed by atoms with Gasteiger partial charge in [-0.05, 0) is 62.2 Å². The predicted octanol–water partition coefficient (Wildman–Crippen LogP) is 5.02. The van der Waals surface area contributed by atoms with E-state index in [2.05, 4.69) is 11.0 Å². The minimum absolute atomic E-state index is 0.0147. The fourth-order valence-corrected chi connectivity index (χ4v) is 5.79. The second kappa shape index (κ2) is 8.85. The Labute approximate surface area is 199 Å². The van der Waals surface area contributed by atoms with Crippen molar-refractivity contribution in [3.63, 3.8) is 0 Å². The molecule has 3 aromatic carbocycles. The van der Waals surface area contributed by atoms with E-state index in [-0.39, 0.29) is 11.4 Å². The molecule has 0 atom stereocenters. The van der Waals surface area contributed by atoms with Gasteiger partial charge in [0.15, 0.2) is 5.75 Å². The number of ether oxygens (including phenoxy) is 1. The highest BCUT2D eigenvalue weighted by Crippen LogP contribution is 2.38. The smallest absolute Gasteiger partial charge is 0.243 e. The van der Waals surface area contributed by atoms with Crippen LogP contribution < -0.4 is 4.74 Å². The minimum atomic E-state index is -3.80. The molecule has 0 N–H and O–H groups in total. The second-order valence-corrected chi connectivity index (χ2v) is 10.6. The summed E-state index contributed by atoms with van der Waals surface area (Å²) in [5.41, 5.74) is 3.12. The van der Waals surface area contributed by atoms with Crippen LogP contribution in [-0.2, 0) is 10.0 Å². The van der Waals surface area contributed by atoms with Gasteiger partial charge < -0.3 is 9.64 Å². The van der Waals surface area contributed by atoms with E-state index in [1.165, 1.54) is 16.4 Å². The molecule has 5 rings (SSSR count).